The zero-order chi connectivity index (χ0) is 17.6. The molecule has 0 bridgehead atoms. The predicted molar refractivity (Wildman–Crippen MR) is 86.7 cm³/mol. The van der Waals surface area contributed by atoms with Gasteiger partial charge in [-0.05, 0) is 24.3 Å². The van der Waals surface area contributed by atoms with Gasteiger partial charge in [-0.15, -0.1) is 0 Å². The molecule has 7 heteroatoms. The van der Waals surface area contributed by atoms with Gasteiger partial charge < -0.3 is 4.40 Å². The van der Waals surface area contributed by atoms with Gasteiger partial charge in [0.2, 0.25) is 0 Å². The summed E-state index contributed by atoms with van der Waals surface area (Å²) in [5, 5.41) is 3.96. The van der Waals surface area contributed by atoms with Crippen molar-refractivity contribution < 1.29 is 13.2 Å². The molecule has 4 nitrogen and oxygen atoms in total. The Balaban J connectivity index is 1.68. The van der Waals surface area contributed by atoms with E-state index in [1.165, 1.54) is 7.05 Å². The first kappa shape index (κ1) is 15.4. The van der Waals surface area contributed by atoms with Crippen LogP contribution in [0.3, 0.4) is 0 Å². The van der Waals surface area contributed by atoms with Gasteiger partial charge in [0.05, 0.1) is 11.4 Å². The van der Waals surface area contributed by atoms with Gasteiger partial charge in [0.1, 0.15) is 11.3 Å². The topological polar surface area (TPSA) is 35.1 Å². The van der Waals surface area contributed by atoms with Crippen LogP contribution in [-0.4, -0.2) is 19.2 Å². The number of hydrogen-bond acceptors (Lipinski definition) is 2. The Morgan fingerprint density at radius 1 is 1.00 bits per heavy atom. The summed E-state index contributed by atoms with van der Waals surface area (Å²) >= 11 is 0. The lowest BCUT2D eigenvalue weighted by molar-refractivity contribution is -0.143. The number of pyridine rings is 1. The Labute approximate surface area is 141 Å². The van der Waals surface area contributed by atoms with Crippen LogP contribution in [0.15, 0.2) is 54.9 Å². The van der Waals surface area contributed by atoms with E-state index < -0.39 is 11.9 Å². The molecule has 0 spiro atoms. The van der Waals surface area contributed by atoms with Crippen LogP contribution >= 0.6 is 0 Å². The summed E-state index contributed by atoms with van der Waals surface area (Å²) < 4.78 is 41.4. The molecule has 0 saturated heterocycles. The minimum atomic E-state index is -4.42. The highest BCUT2D eigenvalue weighted by molar-refractivity contribution is 5.68. The highest BCUT2D eigenvalue weighted by Gasteiger charge is 2.35. The molecule has 0 aliphatic carbocycles. The van der Waals surface area contributed by atoms with Crippen molar-refractivity contribution in [2.45, 2.75) is 6.18 Å². The quantitative estimate of drug-likeness (QED) is 0.547. The lowest BCUT2D eigenvalue weighted by Crippen LogP contribution is -2.11. The van der Waals surface area contributed by atoms with Gasteiger partial charge in [0.25, 0.3) is 0 Å². The number of fused-ring (bicyclic) bond motifs is 1. The van der Waals surface area contributed by atoms with Crippen molar-refractivity contribution in [3.63, 3.8) is 0 Å². The summed E-state index contributed by atoms with van der Waals surface area (Å²) in [6.07, 6.45) is -0.760. The van der Waals surface area contributed by atoms with Gasteiger partial charge in [-0.25, -0.2) is 4.98 Å². The maximum absolute atomic E-state index is 12.9. The van der Waals surface area contributed by atoms with Crippen molar-refractivity contribution in [3.05, 3.63) is 66.6 Å². The van der Waals surface area contributed by atoms with Gasteiger partial charge in [0.15, 0.2) is 0 Å². The Morgan fingerprint density at radius 2 is 1.68 bits per heavy atom. The molecule has 0 atom stereocenters. The molecule has 0 unspecified atom stereocenters. The highest BCUT2D eigenvalue weighted by atomic mass is 19.4. The van der Waals surface area contributed by atoms with Crippen molar-refractivity contribution in [2.24, 2.45) is 7.05 Å². The van der Waals surface area contributed by atoms with Gasteiger partial charge in [-0.1, -0.05) is 24.3 Å². The molecule has 4 aromatic rings. The average Bonchev–Trinajstić information content (AvgIpc) is 3.18. The van der Waals surface area contributed by atoms with E-state index in [0.717, 1.165) is 27.7 Å². The van der Waals surface area contributed by atoms with E-state index in [1.807, 2.05) is 28.8 Å². The van der Waals surface area contributed by atoms with E-state index in [2.05, 4.69) is 16.1 Å². The van der Waals surface area contributed by atoms with Crippen LogP contribution in [0.2, 0.25) is 0 Å². The first-order valence-corrected chi connectivity index (χ1v) is 7.49. The van der Waals surface area contributed by atoms with E-state index in [1.54, 1.807) is 24.4 Å². The zero-order valence-corrected chi connectivity index (χ0v) is 13.1. The monoisotopic (exact) mass is 341 g/mol. The largest absolute Gasteiger partial charge is 0.433 e. The molecular weight excluding hydrogens is 329 g/mol. The Bertz CT molecular complexity index is 1010. The van der Waals surface area contributed by atoms with Crippen molar-refractivity contribution in [1.29, 1.82) is 0 Å². The van der Waals surface area contributed by atoms with E-state index in [9.17, 15) is 13.2 Å². The first-order chi connectivity index (χ1) is 11.9. The van der Waals surface area contributed by atoms with Crippen LogP contribution in [0.5, 0.6) is 0 Å². The molecule has 3 heterocycles. The summed E-state index contributed by atoms with van der Waals surface area (Å²) in [4.78, 5) is 4.51. The average molecular weight is 341 g/mol. The van der Waals surface area contributed by atoms with Crippen LogP contribution in [0.1, 0.15) is 5.69 Å². The number of hydrogen-bond donors (Lipinski definition) is 0. The number of rotatable bonds is 2. The second kappa shape index (κ2) is 5.47. The molecule has 0 amide bonds. The van der Waals surface area contributed by atoms with E-state index in [0.29, 0.717) is 5.56 Å². The molecule has 25 heavy (non-hydrogen) atoms. The maximum atomic E-state index is 12.9. The van der Waals surface area contributed by atoms with Crippen LogP contribution in [0.4, 0.5) is 13.2 Å². The van der Waals surface area contributed by atoms with Crippen molar-refractivity contribution >= 4 is 5.65 Å². The van der Waals surface area contributed by atoms with Crippen LogP contribution < -0.4 is 0 Å². The second-order valence-corrected chi connectivity index (χ2v) is 5.63. The Hall–Kier alpha value is -3.09. The van der Waals surface area contributed by atoms with Crippen molar-refractivity contribution in [2.75, 3.05) is 0 Å². The number of aromatic nitrogens is 4. The third-order valence-corrected chi connectivity index (χ3v) is 3.95. The third kappa shape index (κ3) is 2.77. The molecule has 125 valence electrons. The van der Waals surface area contributed by atoms with E-state index in [4.69, 9.17) is 0 Å². The fraction of sp³-hybridized carbons (Fsp3) is 0.111. The standard InChI is InChI=1S/C18H12F3N4/c1-24-16(18(19,20)21)10-14(23-24)12-5-7-13(8-6-12)15-11-25-9-3-2-4-17(25)22-15/h2,4-11H,1H3. The van der Waals surface area contributed by atoms with Gasteiger partial charge in [-0.3, -0.25) is 4.68 Å². The fourth-order valence-corrected chi connectivity index (χ4v) is 2.71. The molecule has 1 aromatic carbocycles. The summed E-state index contributed by atoms with van der Waals surface area (Å²) in [6, 6.07) is 14.8. The number of aryl methyl sites for hydroxylation is 1. The zero-order valence-electron chi connectivity index (χ0n) is 13.1. The van der Waals surface area contributed by atoms with Crippen LogP contribution in [0.25, 0.3) is 28.2 Å². The molecule has 3 aromatic heterocycles. The number of benzene rings is 1. The smallest absolute Gasteiger partial charge is 0.306 e. The highest BCUT2D eigenvalue weighted by Crippen LogP contribution is 2.32. The SMILES string of the molecule is Cn1nc(-c2ccc(-c3cn4c[c]ccc4n3)cc2)cc1C(F)(F)F. The second-order valence-electron chi connectivity index (χ2n) is 5.63. The Kier molecular flexibility index (Phi) is 3.38. The third-order valence-electron chi connectivity index (χ3n) is 3.95. The van der Waals surface area contributed by atoms with Gasteiger partial charge in [-0.2, -0.15) is 18.3 Å². The fourth-order valence-electron chi connectivity index (χ4n) is 2.71. The molecule has 0 fully saturated rings. The van der Waals surface area contributed by atoms with Gasteiger partial charge >= 0.3 is 6.18 Å². The van der Waals surface area contributed by atoms with E-state index in [-0.39, 0.29) is 5.69 Å². The van der Waals surface area contributed by atoms with Crippen LogP contribution in [0, 0.1) is 6.07 Å². The van der Waals surface area contributed by atoms with Crippen LogP contribution in [-0.2, 0) is 13.2 Å². The minimum Gasteiger partial charge on any atom is -0.306 e. The van der Waals surface area contributed by atoms with Crippen molar-refractivity contribution in [3.8, 4) is 22.5 Å². The molecule has 0 aliphatic rings. The molecule has 4 rings (SSSR count). The number of alkyl halides is 3. The predicted octanol–water partition coefficient (Wildman–Crippen LogP) is 4.22. The van der Waals surface area contributed by atoms with Crippen molar-refractivity contribution in [1.82, 2.24) is 19.2 Å². The molecular formula is C18H12F3N4. The number of nitrogens with zero attached hydrogens (tertiary/aromatic N) is 4. The van der Waals surface area contributed by atoms with E-state index >= 15 is 0 Å². The molecule has 0 saturated carbocycles. The lowest BCUT2D eigenvalue weighted by atomic mass is 10.1. The molecule has 0 N–H and O–H groups in total. The molecule has 0 aliphatic heterocycles. The lowest BCUT2D eigenvalue weighted by Gasteiger charge is -2.04. The first-order valence-electron chi connectivity index (χ1n) is 7.49. The minimum absolute atomic E-state index is 0.283. The summed E-state index contributed by atoms with van der Waals surface area (Å²) in [7, 11) is 1.29. The van der Waals surface area contributed by atoms with Gasteiger partial charge in [0, 0.05) is 30.6 Å². The Morgan fingerprint density at radius 3 is 2.28 bits per heavy atom. The summed E-state index contributed by atoms with van der Waals surface area (Å²) in [5.74, 6) is 0. The summed E-state index contributed by atoms with van der Waals surface area (Å²) in [5.41, 5.74) is 2.58. The maximum Gasteiger partial charge on any atom is 0.433 e. The number of halogens is 3. The molecule has 1 radical (unpaired) electrons. The summed E-state index contributed by atoms with van der Waals surface area (Å²) in [6.45, 7) is 0. The number of imidazole rings is 1. The normalized spacial score (nSPS) is 12.0.